The molecule has 0 aliphatic heterocycles. The number of carbonyl (C=O) groups excluding carboxylic acids is 1. The van der Waals surface area contributed by atoms with E-state index in [-0.39, 0.29) is 17.9 Å². The first-order valence-electron chi connectivity index (χ1n) is 8.78. The molecule has 0 atom stereocenters. The first-order valence-corrected chi connectivity index (χ1v) is 8.78. The van der Waals surface area contributed by atoms with Crippen molar-refractivity contribution < 1.29 is 28.2 Å². The van der Waals surface area contributed by atoms with Gasteiger partial charge < -0.3 is 14.4 Å². The smallest absolute Gasteiger partial charge is 0.341 e. The molecule has 0 saturated carbocycles. The summed E-state index contributed by atoms with van der Waals surface area (Å²) in [6.45, 7) is -0.666. The number of ether oxygens (including phenoxy) is 1. The largest absolute Gasteiger partial charge is 0.481 e. The molecule has 0 bridgehead atoms. The highest BCUT2D eigenvalue weighted by atomic mass is 19.1. The minimum absolute atomic E-state index is 0.108. The van der Waals surface area contributed by atoms with E-state index in [1.165, 1.54) is 18.2 Å². The fourth-order valence-electron chi connectivity index (χ4n) is 3.55. The van der Waals surface area contributed by atoms with Crippen LogP contribution in [0.2, 0.25) is 0 Å². The monoisotopic (exact) mass is 395 g/mol. The zero-order chi connectivity index (χ0) is 20.5. The molecule has 3 aromatic carbocycles. The van der Waals surface area contributed by atoms with Crippen molar-refractivity contribution in [3.63, 3.8) is 0 Å². The number of hydrogen-bond acceptors (Lipinski definition) is 3. The molecule has 0 radical (unpaired) electrons. The number of benzene rings is 3. The molecule has 0 saturated heterocycles. The van der Waals surface area contributed by atoms with E-state index >= 15 is 0 Å². The molecular formula is C22H15F2NO4. The standard InChI is InChI=1S/C22H15F2NO4/c23-15-5-2-6-16(24)14(15)10-25-17-7-1-4-13(11-26)21(17)22-18(25)8-3-9-19(22)29-12-20(27)28/h1-9,11H,10,12H2,(H,27,28). The molecule has 0 aliphatic rings. The van der Waals surface area contributed by atoms with Crippen LogP contribution in [0.1, 0.15) is 15.9 Å². The number of aliphatic carboxylic acids is 1. The second kappa shape index (κ2) is 7.35. The van der Waals surface area contributed by atoms with E-state index in [4.69, 9.17) is 9.84 Å². The molecule has 4 aromatic rings. The van der Waals surface area contributed by atoms with Crippen LogP contribution in [0, 0.1) is 11.6 Å². The van der Waals surface area contributed by atoms with Crippen LogP contribution in [0.4, 0.5) is 8.78 Å². The second-order valence-corrected chi connectivity index (χ2v) is 6.48. The molecule has 0 spiro atoms. The average molecular weight is 395 g/mol. The van der Waals surface area contributed by atoms with Crippen molar-refractivity contribution in [1.29, 1.82) is 0 Å². The van der Waals surface area contributed by atoms with Gasteiger partial charge in [-0.25, -0.2) is 13.6 Å². The first-order chi connectivity index (χ1) is 14.0. The van der Waals surface area contributed by atoms with Crippen LogP contribution in [-0.4, -0.2) is 28.5 Å². The van der Waals surface area contributed by atoms with E-state index in [9.17, 15) is 18.4 Å². The maximum absolute atomic E-state index is 14.3. The van der Waals surface area contributed by atoms with Crippen LogP contribution in [-0.2, 0) is 11.3 Å². The van der Waals surface area contributed by atoms with Crippen LogP contribution < -0.4 is 4.74 Å². The van der Waals surface area contributed by atoms with E-state index in [1.807, 2.05) is 0 Å². The molecule has 1 heterocycles. The molecule has 7 heteroatoms. The SMILES string of the molecule is O=Cc1cccc2c1c1c(OCC(=O)O)cccc1n2Cc1c(F)cccc1F. The lowest BCUT2D eigenvalue weighted by molar-refractivity contribution is -0.139. The Hall–Kier alpha value is -3.74. The Balaban J connectivity index is 2.02. The minimum Gasteiger partial charge on any atom is -0.481 e. The van der Waals surface area contributed by atoms with Crippen LogP contribution >= 0.6 is 0 Å². The van der Waals surface area contributed by atoms with Crippen molar-refractivity contribution in [3.05, 3.63) is 77.4 Å². The molecule has 0 unspecified atom stereocenters. The molecule has 0 aliphatic carbocycles. The number of hydrogen-bond donors (Lipinski definition) is 1. The summed E-state index contributed by atoms with van der Waals surface area (Å²) in [6.07, 6.45) is 0.684. The summed E-state index contributed by atoms with van der Waals surface area (Å²) in [5.74, 6) is -2.22. The van der Waals surface area contributed by atoms with E-state index in [0.29, 0.717) is 33.7 Å². The maximum atomic E-state index is 14.3. The quantitative estimate of drug-likeness (QED) is 0.492. The second-order valence-electron chi connectivity index (χ2n) is 6.48. The molecule has 5 nitrogen and oxygen atoms in total. The first kappa shape index (κ1) is 18.6. The lowest BCUT2D eigenvalue weighted by atomic mass is 10.1. The topological polar surface area (TPSA) is 68.5 Å². The van der Waals surface area contributed by atoms with Crippen LogP contribution in [0.25, 0.3) is 21.8 Å². The summed E-state index contributed by atoms with van der Waals surface area (Å²) >= 11 is 0. The number of carbonyl (C=O) groups is 2. The molecule has 4 rings (SSSR count). The number of fused-ring (bicyclic) bond motifs is 3. The van der Waals surface area contributed by atoms with E-state index < -0.39 is 24.2 Å². The zero-order valence-electron chi connectivity index (χ0n) is 15.1. The van der Waals surface area contributed by atoms with Gasteiger partial charge in [0, 0.05) is 16.5 Å². The molecule has 146 valence electrons. The van der Waals surface area contributed by atoms with Gasteiger partial charge in [0.2, 0.25) is 0 Å². The summed E-state index contributed by atoms with van der Waals surface area (Å²) in [5, 5.41) is 10.0. The summed E-state index contributed by atoms with van der Waals surface area (Å²) in [6, 6.07) is 13.7. The maximum Gasteiger partial charge on any atom is 0.341 e. The summed E-state index contributed by atoms with van der Waals surface area (Å²) in [7, 11) is 0. The van der Waals surface area contributed by atoms with E-state index in [0.717, 1.165) is 0 Å². The lowest BCUT2D eigenvalue weighted by Crippen LogP contribution is -2.09. The Morgan fingerprint density at radius 2 is 1.59 bits per heavy atom. The van der Waals surface area contributed by atoms with Crippen molar-refractivity contribution in [1.82, 2.24) is 4.57 Å². The number of halogens is 2. The Morgan fingerprint density at radius 3 is 2.24 bits per heavy atom. The third-order valence-electron chi connectivity index (χ3n) is 4.77. The summed E-state index contributed by atoms with van der Waals surface area (Å²) in [4.78, 5) is 22.6. The highest BCUT2D eigenvalue weighted by molar-refractivity contribution is 6.17. The van der Waals surface area contributed by atoms with Gasteiger partial charge in [-0.05, 0) is 30.3 Å². The predicted molar refractivity (Wildman–Crippen MR) is 103 cm³/mol. The fourth-order valence-corrected chi connectivity index (χ4v) is 3.55. The molecular weight excluding hydrogens is 380 g/mol. The minimum atomic E-state index is -1.14. The Morgan fingerprint density at radius 1 is 0.966 bits per heavy atom. The van der Waals surface area contributed by atoms with Gasteiger partial charge in [0.15, 0.2) is 12.9 Å². The van der Waals surface area contributed by atoms with Crippen molar-refractivity contribution in [2.75, 3.05) is 6.61 Å². The normalized spacial score (nSPS) is 11.1. The summed E-state index contributed by atoms with van der Waals surface area (Å²) < 4.78 is 35.7. The van der Waals surface area contributed by atoms with Crippen molar-refractivity contribution in [3.8, 4) is 5.75 Å². The van der Waals surface area contributed by atoms with Crippen molar-refractivity contribution in [2.24, 2.45) is 0 Å². The Kier molecular flexibility index (Phi) is 4.72. The Bertz CT molecular complexity index is 1240. The van der Waals surface area contributed by atoms with Gasteiger partial charge in [-0.15, -0.1) is 0 Å². The van der Waals surface area contributed by atoms with Gasteiger partial charge >= 0.3 is 5.97 Å². The zero-order valence-corrected chi connectivity index (χ0v) is 15.1. The molecule has 0 fully saturated rings. The summed E-state index contributed by atoms with van der Waals surface area (Å²) in [5.41, 5.74) is 1.41. The molecule has 1 N–H and O–H groups in total. The number of aldehydes is 1. The predicted octanol–water partition coefficient (Wildman–Crippen LogP) is 4.40. The van der Waals surface area contributed by atoms with Gasteiger partial charge in [-0.2, -0.15) is 0 Å². The van der Waals surface area contributed by atoms with Crippen molar-refractivity contribution in [2.45, 2.75) is 6.54 Å². The van der Waals surface area contributed by atoms with Gasteiger partial charge in [-0.3, -0.25) is 4.79 Å². The number of aromatic nitrogens is 1. The van der Waals surface area contributed by atoms with Crippen LogP contribution in [0.15, 0.2) is 54.6 Å². The van der Waals surface area contributed by atoms with Gasteiger partial charge in [0.25, 0.3) is 0 Å². The number of carboxylic acid groups (broad SMARTS) is 1. The van der Waals surface area contributed by atoms with Gasteiger partial charge in [0.05, 0.1) is 23.0 Å². The molecule has 1 aromatic heterocycles. The molecule has 0 amide bonds. The van der Waals surface area contributed by atoms with E-state index in [2.05, 4.69) is 0 Å². The van der Waals surface area contributed by atoms with Gasteiger partial charge in [-0.1, -0.05) is 24.3 Å². The number of carboxylic acids is 1. The average Bonchev–Trinajstić information content (AvgIpc) is 3.03. The highest BCUT2D eigenvalue weighted by Gasteiger charge is 2.20. The third kappa shape index (κ3) is 3.20. The number of rotatable bonds is 6. The van der Waals surface area contributed by atoms with E-state index in [1.54, 1.807) is 41.0 Å². The van der Waals surface area contributed by atoms with Crippen LogP contribution in [0.5, 0.6) is 5.75 Å². The fraction of sp³-hybridized carbons (Fsp3) is 0.0909. The van der Waals surface area contributed by atoms with Gasteiger partial charge in [0.1, 0.15) is 17.4 Å². The lowest BCUT2D eigenvalue weighted by Gasteiger charge is -2.10. The molecule has 29 heavy (non-hydrogen) atoms. The third-order valence-corrected chi connectivity index (χ3v) is 4.77. The highest BCUT2D eigenvalue weighted by Crippen LogP contribution is 2.38. The number of nitrogens with zero attached hydrogens (tertiary/aromatic N) is 1. The Labute approximate surface area is 163 Å². The van der Waals surface area contributed by atoms with Crippen LogP contribution in [0.3, 0.4) is 0 Å². The van der Waals surface area contributed by atoms with Crippen molar-refractivity contribution >= 4 is 34.1 Å².